The molecule has 2 aliphatic heterocycles. The summed E-state index contributed by atoms with van der Waals surface area (Å²) in [6.07, 6.45) is 4.20. The number of hydrogen-bond acceptors (Lipinski definition) is 6. The number of likely N-dealkylation sites (tertiary alicyclic amines) is 1. The number of fused-ring (bicyclic) bond motifs is 1. The van der Waals surface area contributed by atoms with Crippen LogP contribution >= 0.6 is 11.3 Å². The topological polar surface area (TPSA) is 45.2 Å². The van der Waals surface area contributed by atoms with Crippen molar-refractivity contribution >= 4 is 21.4 Å². The van der Waals surface area contributed by atoms with Gasteiger partial charge in [0.05, 0.1) is 26.9 Å². The molecule has 4 aromatic rings. The highest BCUT2D eigenvalue weighted by Crippen LogP contribution is 2.41. The SMILES string of the molecule is COc1cc(Cc2c(-c3ccc(CCN4CCC[C@H]4CO)cc3)sc3cc(C)ccc23)ccc1CN1CCOCC1. The van der Waals surface area contributed by atoms with Crippen LogP contribution in [0.15, 0.2) is 60.7 Å². The summed E-state index contributed by atoms with van der Waals surface area (Å²) >= 11 is 1.90. The van der Waals surface area contributed by atoms with E-state index in [4.69, 9.17) is 9.47 Å². The Morgan fingerprint density at radius 3 is 2.56 bits per heavy atom. The number of aliphatic hydroxyl groups is 1. The molecule has 3 aromatic carbocycles. The molecule has 0 amide bonds. The Kier molecular flexibility index (Phi) is 9.04. The van der Waals surface area contributed by atoms with E-state index in [1.165, 1.54) is 54.8 Å². The number of methoxy groups -OCH3 is 1. The first kappa shape index (κ1) is 28.4. The van der Waals surface area contributed by atoms with Gasteiger partial charge in [0.2, 0.25) is 0 Å². The van der Waals surface area contributed by atoms with Crippen LogP contribution in [0.1, 0.15) is 40.7 Å². The molecule has 0 aliphatic carbocycles. The lowest BCUT2D eigenvalue weighted by Crippen LogP contribution is -2.35. The van der Waals surface area contributed by atoms with Crippen LogP contribution in [0.3, 0.4) is 0 Å². The Bertz CT molecular complexity index is 1460. The monoisotopic (exact) mass is 570 g/mol. The second-order valence-corrected chi connectivity index (χ2v) is 12.6. The Morgan fingerprint density at radius 2 is 1.78 bits per heavy atom. The number of rotatable bonds is 10. The van der Waals surface area contributed by atoms with Gasteiger partial charge < -0.3 is 14.6 Å². The van der Waals surface area contributed by atoms with Gasteiger partial charge >= 0.3 is 0 Å². The first-order chi connectivity index (χ1) is 20.1. The van der Waals surface area contributed by atoms with Crippen LogP contribution < -0.4 is 4.74 Å². The normalized spacial score (nSPS) is 18.4. The molecule has 216 valence electrons. The second-order valence-electron chi connectivity index (χ2n) is 11.6. The van der Waals surface area contributed by atoms with Crippen LogP contribution in [0.4, 0.5) is 0 Å². The molecule has 0 saturated carbocycles. The van der Waals surface area contributed by atoms with E-state index < -0.39 is 0 Å². The molecule has 0 spiro atoms. The molecule has 0 radical (unpaired) electrons. The minimum atomic E-state index is 0.273. The number of aryl methyl sites for hydroxylation is 1. The molecule has 2 fully saturated rings. The molecule has 3 heterocycles. The van der Waals surface area contributed by atoms with Gasteiger partial charge in [-0.25, -0.2) is 0 Å². The number of thiophene rings is 1. The fourth-order valence-electron chi connectivity index (χ4n) is 6.39. The van der Waals surface area contributed by atoms with Crippen molar-refractivity contribution in [1.29, 1.82) is 0 Å². The van der Waals surface area contributed by atoms with Gasteiger partial charge in [0.1, 0.15) is 5.75 Å². The van der Waals surface area contributed by atoms with Crippen molar-refractivity contribution in [1.82, 2.24) is 9.80 Å². The predicted molar refractivity (Wildman–Crippen MR) is 169 cm³/mol. The van der Waals surface area contributed by atoms with Crippen LogP contribution in [0.25, 0.3) is 20.5 Å². The van der Waals surface area contributed by atoms with E-state index in [-0.39, 0.29) is 6.61 Å². The lowest BCUT2D eigenvalue weighted by atomic mass is 9.97. The van der Waals surface area contributed by atoms with Crippen molar-refractivity contribution in [2.75, 3.05) is 53.1 Å². The van der Waals surface area contributed by atoms with Crippen molar-refractivity contribution in [2.24, 2.45) is 0 Å². The van der Waals surface area contributed by atoms with E-state index in [0.717, 1.165) is 70.9 Å². The summed E-state index contributed by atoms with van der Waals surface area (Å²) in [5.74, 6) is 0.969. The molecule has 0 unspecified atom stereocenters. The minimum absolute atomic E-state index is 0.273. The predicted octanol–water partition coefficient (Wildman–Crippen LogP) is 6.31. The molecule has 2 saturated heterocycles. The van der Waals surface area contributed by atoms with E-state index in [9.17, 15) is 5.11 Å². The summed E-state index contributed by atoms with van der Waals surface area (Å²) in [6, 6.07) is 23.1. The highest BCUT2D eigenvalue weighted by molar-refractivity contribution is 7.22. The van der Waals surface area contributed by atoms with Crippen LogP contribution in [0.5, 0.6) is 5.75 Å². The van der Waals surface area contributed by atoms with Crippen LogP contribution in [0.2, 0.25) is 0 Å². The summed E-state index contributed by atoms with van der Waals surface area (Å²) < 4.78 is 12.8. The van der Waals surface area contributed by atoms with Crippen LogP contribution in [-0.4, -0.2) is 74.1 Å². The van der Waals surface area contributed by atoms with Gasteiger partial charge in [-0.3, -0.25) is 9.80 Å². The van der Waals surface area contributed by atoms with Gasteiger partial charge in [0.15, 0.2) is 0 Å². The maximum atomic E-state index is 9.66. The Labute approximate surface area is 248 Å². The summed E-state index contributed by atoms with van der Waals surface area (Å²) in [7, 11) is 1.78. The van der Waals surface area contributed by atoms with Crippen molar-refractivity contribution in [2.45, 2.75) is 45.2 Å². The minimum Gasteiger partial charge on any atom is -0.496 e. The molecule has 1 N–H and O–H groups in total. The highest BCUT2D eigenvalue weighted by Gasteiger charge is 2.23. The lowest BCUT2D eigenvalue weighted by molar-refractivity contribution is 0.0339. The first-order valence-corrected chi connectivity index (χ1v) is 15.8. The van der Waals surface area contributed by atoms with Gasteiger partial charge in [-0.05, 0) is 84.5 Å². The van der Waals surface area contributed by atoms with Crippen LogP contribution in [-0.2, 0) is 24.1 Å². The number of ether oxygens (including phenoxy) is 2. The largest absolute Gasteiger partial charge is 0.496 e. The molecule has 6 rings (SSSR count). The fraction of sp³-hybridized carbons (Fsp3) is 0.429. The summed E-state index contributed by atoms with van der Waals surface area (Å²) in [4.78, 5) is 6.24. The van der Waals surface area contributed by atoms with Gasteiger partial charge in [0.25, 0.3) is 0 Å². The van der Waals surface area contributed by atoms with Crippen molar-refractivity contribution in [3.05, 3.63) is 88.5 Å². The summed E-state index contributed by atoms with van der Waals surface area (Å²) in [6.45, 7) is 9.00. The third-order valence-corrected chi connectivity index (χ3v) is 10.0. The standard InChI is InChI=1S/C35H42N2O3S/c1-25-5-12-31-32(21-27-8-11-29(33(22-27)39-2)23-36-16-18-40-19-17-36)35(41-34(31)20-25)28-9-6-26(7-10-28)13-15-37-14-3-4-30(37)24-38/h5-12,20,22,30,38H,3-4,13-19,21,23-24H2,1-2H3/t30-/m0/s1. The number of hydrogen-bond donors (Lipinski definition) is 1. The maximum Gasteiger partial charge on any atom is 0.123 e. The average Bonchev–Trinajstić information content (AvgIpc) is 3.61. The molecule has 41 heavy (non-hydrogen) atoms. The number of aliphatic hydroxyl groups excluding tert-OH is 1. The second kappa shape index (κ2) is 13.1. The zero-order chi connectivity index (χ0) is 28.2. The molecule has 2 aliphatic rings. The van der Waals surface area contributed by atoms with Crippen molar-refractivity contribution < 1.29 is 14.6 Å². The molecular formula is C35H42N2O3S. The Hall–Kier alpha value is -2.74. The number of nitrogens with zero attached hydrogens (tertiary/aromatic N) is 2. The van der Waals surface area contributed by atoms with Gasteiger partial charge in [-0.1, -0.05) is 48.5 Å². The molecule has 0 bridgehead atoms. The van der Waals surface area contributed by atoms with E-state index in [2.05, 4.69) is 77.4 Å². The third-order valence-electron chi connectivity index (χ3n) is 8.79. The fourth-order valence-corrected chi connectivity index (χ4v) is 7.72. The maximum absolute atomic E-state index is 9.66. The molecular weight excluding hydrogens is 528 g/mol. The quantitative estimate of drug-likeness (QED) is 0.242. The van der Waals surface area contributed by atoms with Gasteiger partial charge in [0, 0.05) is 47.4 Å². The smallest absolute Gasteiger partial charge is 0.123 e. The Balaban J connectivity index is 1.24. The van der Waals surface area contributed by atoms with Crippen LogP contribution in [0, 0.1) is 6.92 Å². The number of benzene rings is 3. The highest BCUT2D eigenvalue weighted by atomic mass is 32.1. The molecule has 1 atom stereocenters. The van der Waals surface area contributed by atoms with E-state index in [0.29, 0.717) is 6.04 Å². The van der Waals surface area contributed by atoms with Crippen molar-refractivity contribution in [3.8, 4) is 16.2 Å². The van der Waals surface area contributed by atoms with Gasteiger partial charge in [-0.15, -0.1) is 11.3 Å². The number of morpholine rings is 1. The zero-order valence-corrected chi connectivity index (χ0v) is 25.2. The Morgan fingerprint density at radius 1 is 0.976 bits per heavy atom. The molecule has 1 aromatic heterocycles. The lowest BCUT2D eigenvalue weighted by Gasteiger charge is -2.27. The van der Waals surface area contributed by atoms with E-state index in [1.807, 2.05) is 11.3 Å². The van der Waals surface area contributed by atoms with E-state index >= 15 is 0 Å². The molecule has 6 heteroatoms. The molecule has 5 nitrogen and oxygen atoms in total. The zero-order valence-electron chi connectivity index (χ0n) is 24.4. The summed E-state index contributed by atoms with van der Waals surface area (Å²) in [5.41, 5.74) is 7.84. The summed E-state index contributed by atoms with van der Waals surface area (Å²) in [5, 5.41) is 11.0. The third kappa shape index (κ3) is 6.52. The van der Waals surface area contributed by atoms with E-state index in [1.54, 1.807) is 7.11 Å². The average molecular weight is 571 g/mol. The van der Waals surface area contributed by atoms with Gasteiger partial charge in [-0.2, -0.15) is 0 Å². The first-order valence-electron chi connectivity index (χ1n) is 15.0. The van der Waals surface area contributed by atoms with Crippen molar-refractivity contribution in [3.63, 3.8) is 0 Å².